The van der Waals surface area contributed by atoms with Crippen molar-refractivity contribution in [3.8, 4) is 0 Å². The van der Waals surface area contributed by atoms with Crippen molar-refractivity contribution >= 4 is 23.9 Å². The van der Waals surface area contributed by atoms with E-state index in [1.807, 2.05) is 0 Å². The van der Waals surface area contributed by atoms with E-state index in [0.717, 1.165) is 0 Å². The SMILES string of the molecule is N.N.N.N.O=C(O)C1OCCOCCOC(C(=O)O)C(C(=O)O)OCCOCCOC1C(=O)O.[Pt+2].[Pt+2]. The summed E-state index contributed by atoms with van der Waals surface area (Å²) in [6.07, 6.45) is -7.18. The van der Waals surface area contributed by atoms with Gasteiger partial charge in [-0.25, -0.2) is 19.2 Å². The van der Waals surface area contributed by atoms with Crippen molar-refractivity contribution in [2.75, 3.05) is 52.9 Å². The Balaban J connectivity index is -0.000000375. The first-order valence-electron chi connectivity index (χ1n) is 8.78. The molecule has 4 unspecified atom stereocenters. The van der Waals surface area contributed by atoms with E-state index >= 15 is 0 Å². The van der Waals surface area contributed by atoms with Crippen LogP contribution in [0.15, 0.2) is 0 Å². The number of ether oxygens (including phenoxy) is 6. The van der Waals surface area contributed by atoms with Gasteiger partial charge in [0.05, 0.1) is 52.9 Å². The van der Waals surface area contributed by atoms with Gasteiger partial charge in [-0.3, -0.25) is 0 Å². The number of hydrogen-bond donors (Lipinski definition) is 8. The molecule has 1 aliphatic heterocycles. The normalized spacial score (nSPS) is 23.8. The number of rotatable bonds is 4. The fourth-order valence-electron chi connectivity index (χ4n) is 2.29. The van der Waals surface area contributed by atoms with Crippen molar-refractivity contribution in [1.29, 1.82) is 0 Å². The van der Waals surface area contributed by atoms with Gasteiger partial charge in [-0.1, -0.05) is 0 Å². The van der Waals surface area contributed by atoms with E-state index in [-0.39, 0.29) is 120 Å². The molecule has 0 aromatic carbocycles. The third kappa shape index (κ3) is 18.2. The van der Waals surface area contributed by atoms with Gasteiger partial charge in [-0.05, 0) is 0 Å². The van der Waals surface area contributed by atoms with Crippen LogP contribution in [-0.4, -0.2) is 122 Å². The van der Waals surface area contributed by atoms with Crippen molar-refractivity contribution in [3.63, 3.8) is 0 Å². The van der Waals surface area contributed by atoms with E-state index in [0.29, 0.717) is 0 Å². The van der Waals surface area contributed by atoms with Crippen LogP contribution in [0.5, 0.6) is 0 Å². The summed E-state index contributed by atoms with van der Waals surface area (Å²) in [6.45, 7) is -1.88. The van der Waals surface area contributed by atoms with Gasteiger partial charge in [0.25, 0.3) is 0 Å². The summed E-state index contributed by atoms with van der Waals surface area (Å²) in [5, 5.41) is 36.7. The van der Waals surface area contributed by atoms with E-state index in [9.17, 15) is 39.6 Å². The van der Waals surface area contributed by atoms with Crippen LogP contribution in [0.4, 0.5) is 0 Å². The molecule has 0 radical (unpaired) electrons. The van der Waals surface area contributed by atoms with Crippen LogP contribution in [0.25, 0.3) is 0 Å². The van der Waals surface area contributed by atoms with Gasteiger partial charge in [0.1, 0.15) is 0 Å². The van der Waals surface area contributed by atoms with Crippen molar-refractivity contribution in [1.82, 2.24) is 24.6 Å². The summed E-state index contributed by atoms with van der Waals surface area (Å²) in [7, 11) is 0. The van der Waals surface area contributed by atoms with Gasteiger partial charge in [-0.2, -0.15) is 0 Å². The monoisotopic (exact) mass is 898 g/mol. The average Bonchev–Trinajstić information content (AvgIpc) is 2.66. The minimum Gasteiger partial charge on any atom is -0.479 e. The summed E-state index contributed by atoms with van der Waals surface area (Å²) < 4.78 is 30.3. The summed E-state index contributed by atoms with van der Waals surface area (Å²) >= 11 is 0. The van der Waals surface area contributed by atoms with Gasteiger partial charge < -0.3 is 73.4 Å². The zero-order valence-corrected chi connectivity index (χ0v) is 23.8. The van der Waals surface area contributed by atoms with Crippen molar-refractivity contribution in [2.45, 2.75) is 24.4 Å². The molecule has 0 saturated carbocycles. The third-order valence-electron chi connectivity index (χ3n) is 3.62. The molecule has 0 aliphatic carbocycles. The molecule has 0 aromatic rings. The van der Waals surface area contributed by atoms with Crippen molar-refractivity contribution < 1.29 is 110 Å². The first-order valence-corrected chi connectivity index (χ1v) is 8.78. The van der Waals surface area contributed by atoms with E-state index in [4.69, 9.17) is 28.4 Å². The molecule has 1 aliphatic rings. The topological polar surface area (TPSA) is 345 Å². The Morgan fingerprint density at radius 1 is 0.417 bits per heavy atom. The Kier molecular flexibility index (Phi) is 35.9. The molecule has 18 nitrogen and oxygen atoms in total. The maximum absolute atomic E-state index is 11.3. The number of carbonyl (C=O) groups is 4. The second-order valence-electron chi connectivity index (χ2n) is 5.74. The Hall–Kier alpha value is -1.14. The zero-order valence-electron chi connectivity index (χ0n) is 19.3. The predicted octanol–water partition coefficient (Wildman–Crippen LogP) is -1.44. The van der Waals surface area contributed by atoms with Gasteiger partial charge in [0.15, 0.2) is 24.4 Å². The first-order chi connectivity index (χ1) is 14.3. The van der Waals surface area contributed by atoms with Crippen molar-refractivity contribution in [2.24, 2.45) is 0 Å². The minimum atomic E-state index is -1.79. The first kappa shape index (κ1) is 48.0. The van der Waals surface area contributed by atoms with Crippen molar-refractivity contribution in [3.05, 3.63) is 0 Å². The molecule has 220 valence electrons. The Morgan fingerprint density at radius 2 is 0.583 bits per heavy atom. The van der Waals surface area contributed by atoms with Crippen LogP contribution in [-0.2, 0) is 89.7 Å². The van der Waals surface area contributed by atoms with E-state index in [2.05, 4.69) is 0 Å². The number of aliphatic carboxylic acids is 4. The molecule has 1 fully saturated rings. The number of carboxylic acid groups (broad SMARTS) is 4. The second kappa shape index (κ2) is 26.9. The maximum atomic E-state index is 11.3. The van der Waals surface area contributed by atoms with E-state index < -0.39 is 48.3 Å². The van der Waals surface area contributed by atoms with Gasteiger partial charge >= 0.3 is 66.0 Å². The molecular formula is C16H36N4O14Pt2+4. The molecule has 0 bridgehead atoms. The maximum Gasteiger partial charge on any atom is 2.00 e. The minimum absolute atomic E-state index is 0. The van der Waals surface area contributed by atoms with E-state index in [1.165, 1.54) is 0 Å². The predicted molar refractivity (Wildman–Crippen MR) is 111 cm³/mol. The van der Waals surface area contributed by atoms with Gasteiger partial charge in [0.2, 0.25) is 0 Å². The molecule has 36 heavy (non-hydrogen) atoms. The van der Waals surface area contributed by atoms with Crippen LogP contribution < -0.4 is 24.6 Å². The fraction of sp³-hybridized carbons (Fsp3) is 0.750. The van der Waals surface area contributed by atoms with Gasteiger partial charge in [0, 0.05) is 0 Å². The van der Waals surface area contributed by atoms with Crippen LogP contribution in [0, 0.1) is 0 Å². The summed E-state index contributed by atoms with van der Waals surface area (Å²) in [6, 6.07) is 0. The average molecular weight is 899 g/mol. The second-order valence-corrected chi connectivity index (χ2v) is 5.74. The molecule has 0 spiro atoms. The molecule has 20 heteroatoms. The quantitative estimate of drug-likeness (QED) is 0.160. The molecular weight excluding hydrogens is 862 g/mol. The summed E-state index contributed by atoms with van der Waals surface area (Å²) in [5.74, 6) is -6.17. The molecule has 16 N–H and O–H groups in total. The van der Waals surface area contributed by atoms with Crippen LogP contribution in [0.3, 0.4) is 0 Å². The molecule has 0 amide bonds. The third-order valence-corrected chi connectivity index (χ3v) is 3.62. The fourth-order valence-corrected chi connectivity index (χ4v) is 2.29. The van der Waals surface area contributed by atoms with Crippen LogP contribution in [0.1, 0.15) is 0 Å². The summed E-state index contributed by atoms with van der Waals surface area (Å²) in [5.41, 5.74) is 0. The van der Waals surface area contributed by atoms with Gasteiger partial charge in [-0.15, -0.1) is 0 Å². The Bertz CT molecular complexity index is 509. The van der Waals surface area contributed by atoms with Crippen LogP contribution in [0.2, 0.25) is 0 Å². The largest absolute Gasteiger partial charge is 2.00 e. The molecule has 1 rings (SSSR count). The standard InChI is InChI=1S/C16H24O14.4H3N.2Pt/c17-13(18)9-10(14(19)20)29-7-3-26-4-8-30-12(16(23)24)11(15(21)22)28-6-2-25-1-5-27-9;;;;;;/h9-12H,1-8H2,(H,17,18)(H,19,20)(H,21,22)(H,23,24);4*1H3;;/q;;;;;2*+2. The van der Waals surface area contributed by atoms with Crippen LogP contribution >= 0.6 is 0 Å². The number of carboxylic acids is 4. The smallest absolute Gasteiger partial charge is 0.479 e. The molecule has 1 saturated heterocycles. The molecule has 4 atom stereocenters. The molecule has 0 aromatic heterocycles. The number of hydrogen-bond acceptors (Lipinski definition) is 14. The Labute approximate surface area is 235 Å². The molecule has 1 heterocycles. The summed E-state index contributed by atoms with van der Waals surface area (Å²) in [4.78, 5) is 45.2. The Morgan fingerprint density at radius 3 is 0.722 bits per heavy atom. The zero-order chi connectivity index (χ0) is 22.5. The van der Waals surface area contributed by atoms with E-state index in [1.54, 1.807) is 0 Å².